The summed E-state index contributed by atoms with van der Waals surface area (Å²) in [5.41, 5.74) is 1.44. The molecule has 32 heavy (non-hydrogen) atoms. The molecule has 0 spiro atoms. The van der Waals surface area contributed by atoms with Gasteiger partial charge in [0.2, 0.25) is 0 Å². The Balaban J connectivity index is 1.84. The number of aliphatic carboxylic acids is 1. The van der Waals surface area contributed by atoms with Crippen molar-refractivity contribution in [3.63, 3.8) is 0 Å². The summed E-state index contributed by atoms with van der Waals surface area (Å²) < 4.78 is 12.3. The highest BCUT2D eigenvalue weighted by Gasteiger charge is 2.16. The van der Waals surface area contributed by atoms with Gasteiger partial charge in [0.1, 0.15) is 12.3 Å². The number of halogens is 2. The molecule has 3 aromatic carbocycles. The van der Waals surface area contributed by atoms with E-state index in [1.165, 1.54) is 13.2 Å². The number of carbonyl (C=O) groups excluding carboxylic acids is 1. The number of carboxylic acid groups (broad SMARTS) is 1. The van der Waals surface area contributed by atoms with Crippen molar-refractivity contribution in [3.8, 4) is 11.5 Å². The van der Waals surface area contributed by atoms with E-state index in [4.69, 9.17) is 21.1 Å². The number of rotatable bonds is 8. The number of methoxy groups -OCH3 is 1. The molecule has 1 amide bonds. The molecule has 0 heterocycles. The Bertz CT molecular complexity index is 1160. The van der Waals surface area contributed by atoms with Crippen LogP contribution in [-0.4, -0.2) is 24.1 Å². The van der Waals surface area contributed by atoms with Crippen LogP contribution in [0.1, 0.15) is 21.5 Å². The molecule has 0 radical (unpaired) electrons. The molecule has 0 aliphatic carbocycles. The van der Waals surface area contributed by atoms with Gasteiger partial charge in [-0.3, -0.25) is 4.79 Å². The van der Waals surface area contributed by atoms with E-state index in [1.54, 1.807) is 42.5 Å². The van der Waals surface area contributed by atoms with Crippen molar-refractivity contribution in [2.45, 2.75) is 6.61 Å². The Morgan fingerprint density at radius 1 is 1.09 bits per heavy atom. The van der Waals surface area contributed by atoms with Gasteiger partial charge in [-0.1, -0.05) is 41.9 Å². The number of nitrogens with one attached hydrogen (secondary N) is 1. The summed E-state index contributed by atoms with van der Waals surface area (Å²) in [4.78, 5) is 24.0. The summed E-state index contributed by atoms with van der Waals surface area (Å²) in [6, 6.07) is 19.3. The quantitative estimate of drug-likeness (QED) is 0.284. The smallest absolute Gasteiger partial charge is 0.352 e. The highest BCUT2D eigenvalue weighted by atomic mass is 127. The van der Waals surface area contributed by atoms with Gasteiger partial charge in [0.25, 0.3) is 5.91 Å². The molecule has 0 atom stereocenters. The third-order valence-electron chi connectivity index (χ3n) is 4.35. The van der Waals surface area contributed by atoms with Crippen LogP contribution < -0.4 is 14.8 Å². The Kier molecular flexibility index (Phi) is 8.13. The Morgan fingerprint density at radius 2 is 1.84 bits per heavy atom. The number of carboxylic acids is 1. The minimum Gasteiger partial charge on any atom is -0.493 e. The summed E-state index contributed by atoms with van der Waals surface area (Å²) in [5.74, 6) is -1.14. The Labute approximate surface area is 204 Å². The third kappa shape index (κ3) is 6.24. The predicted octanol–water partition coefficient (Wildman–Crippen LogP) is 5.39. The molecule has 0 fully saturated rings. The maximum absolute atomic E-state index is 12.4. The van der Waals surface area contributed by atoms with E-state index in [2.05, 4.69) is 27.9 Å². The fourth-order valence-corrected chi connectivity index (χ4v) is 3.73. The first-order valence-electron chi connectivity index (χ1n) is 9.43. The first-order chi connectivity index (χ1) is 15.4. The first kappa shape index (κ1) is 23.6. The zero-order valence-electron chi connectivity index (χ0n) is 17.0. The summed E-state index contributed by atoms with van der Waals surface area (Å²) in [6.45, 7) is 0.287. The van der Waals surface area contributed by atoms with Gasteiger partial charge >= 0.3 is 5.97 Å². The zero-order valence-corrected chi connectivity index (χ0v) is 19.9. The number of hydrogen-bond acceptors (Lipinski definition) is 4. The maximum atomic E-state index is 12.4. The number of hydrogen-bond donors (Lipinski definition) is 2. The molecule has 2 N–H and O–H groups in total. The molecule has 0 aliphatic rings. The minimum atomic E-state index is -1.29. The van der Waals surface area contributed by atoms with Crippen LogP contribution in [0.25, 0.3) is 6.08 Å². The molecule has 3 rings (SSSR count). The fraction of sp³-hybridized carbons (Fsp3) is 0.0833. The average molecular weight is 564 g/mol. The van der Waals surface area contributed by atoms with Gasteiger partial charge in [-0.15, -0.1) is 0 Å². The van der Waals surface area contributed by atoms with Crippen LogP contribution in [0.3, 0.4) is 0 Å². The van der Waals surface area contributed by atoms with Crippen LogP contribution in [0.5, 0.6) is 11.5 Å². The summed E-state index contributed by atoms with van der Waals surface area (Å²) in [6.07, 6.45) is 1.31. The highest BCUT2D eigenvalue weighted by Crippen LogP contribution is 2.37. The van der Waals surface area contributed by atoms with Gasteiger partial charge in [-0.2, -0.15) is 0 Å². The topological polar surface area (TPSA) is 84.9 Å². The van der Waals surface area contributed by atoms with Crippen LogP contribution in [-0.2, 0) is 11.4 Å². The van der Waals surface area contributed by atoms with Gasteiger partial charge in [-0.25, -0.2) is 4.79 Å². The van der Waals surface area contributed by atoms with Crippen LogP contribution in [0, 0.1) is 3.57 Å². The van der Waals surface area contributed by atoms with Crippen molar-refractivity contribution in [3.05, 3.63) is 97.7 Å². The van der Waals surface area contributed by atoms with E-state index in [-0.39, 0.29) is 17.3 Å². The average Bonchev–Trinajstić information content (AvgIpc) is 2.78. The number of benzene rings is 3. The monoisotopic (exact) mass is 563 g/mol. The second kappa shape index (κ2) is 11.0. The second-order valence-corrected chi connectivity index (χ2v) is 8.29. The van der Waals surface area contributed by atoms with E-state index in [0.29, 0.717) is 22.6 Å². The van der Waals surface area contributed by atoms with E-state index in [1.807, 2.05) is 24.3 Å². The normalized spacial score (nSPS) is 11.0. The van der Waals surface area contributed by atoms with Crippen LogP contribution in [0.2, 0.25) is 5.02 Å². The zero-order chi connectivity index (χ0) is 23.1. The standard InChI is InChI=1S/C24H19ClINO5/c1-31-21-13-16(11-19(25)22(21)32-14-15-6-5-9-18(26)10-15)12-20(24(29)30)27-23(28)17-7-3-2-4-8-17/h2-13H,14H2,1H3,(H,27,28)(H,29,30)/b20-12+. The van der Waals surface area contributed by atoms with Crippen LogP contribution >= 0.6 is 34.2 Å². The summed E-state index contributed by atoms with van der Waals surface area (Å²) in [5, 5.41) is 12.2. The molecule has 0 aliphatic heterocycles. The number of carbonyl (C=O) groups is 2. The van der Waals surface area contributed by atoms with Gasteiger partial charge in [0.15, 0.2) is 11.5 Å². The van der Waals surface area contributed by atoms with Crippen molar-refractivity contribution >= 4 is 52.1 Å². The molecule has 0 bridgehead atoms. The highest BCUT2D eigenvalue weighted by molar-refractivity contribution is 14.1. The SMILES string of the molecule is COc1cc(/C=C(/NC(=O)c2ccccc2)C(=O)O)cc(Cl)c1OCc1cccc(I)c1. The molecule has 8 heteroatoms. The van der Waals surface area contributed by atoms with Crippen LogP contribution in [0.4, 0.5) is 0 Å². The number of ether oxygens (including phenoxy) is 2. The van der Waals surface area contributed by atoms with Gasteiger partial charge in [0, 0.05) is 9.13 Å². The fourth-order valence-electron chi connectivity index (χ4n) is 2.85. The van der Waals surface area contributed by atoms with Crippen molar-refractivity contribution in [1.82, 2.24) is 5.32 Å². The summed E-state index contributed by atoms with van der Waals surface area (Å²) >= 11 is 8.63. The van der Waals surface area contributed by atoms with Crippen molar-refractivity contribution < 1.29 is 24.2 Å². The van der Waals surface area contributed by atoms with Gasteiger partial charge in [0.05, 0.1) is 12.1 Å². The third-order valence-corrected chi connectivity index (χ3v) is 5.30. The van der Waals surface area contributed by atoms with Crippen LogP contribution in [0.15, 0.2) is 72.4 Å². The van der Waals surface area contributed by atoms with Gasteiger partial charge in [-0.05, 0) is 76.2 Å². The number of amides is 1. The Hall–Kier alpha value is -3.04. The second-order valence-electron chi connectivity index (χ2n) is 6.64. The lowest BCUT2D eigenvalue weighted by Gasteiger charge is -2.14. The largest absolute Gasteiger partial charge is 0.493 e. The molecular formula is C24H19ClINO5. The molecule has 0 saturated heterocycles. The molecule has 3 aromatic rings. The molecule has 0 aromatic heterocycles. The molecule has 0 unspecified atom stereocenters. The Morgan fingerprint density at radius 3 is 2.50 bits per heavy atom. The van der Waals surface area contributed by atoms with E-state index < -0.39 is 11.9 Å². The van der Waals surface area contributed by atoms with Crippen molar-refractivity contribution in [2.75, 3.05) is 7.11 Å². The van der Waals surface area contributed by atoms with Gasteiger partial charge < -0.3 is 19.9 Å². The lowest BCUT2D eigenvalue weighted by atomic mass is 10.1. The molecule has 6 nitrogen and oxygen atoms in total. The molecule has 164 valence electrons. The summed E-state index contributed by atoms with van der Waals surface area (Å²) in [7, 11) is 1.47. The maximum Gasteiger partial charge on any atom is 0.352 e. The van der Waals surface area contributed by atoms with Crippen molar-refractivity contribution in [1.29, 1.82) is 0 Å². The lowest BCUT2D eigenvalue weighted by Crippen LogP contribution is -2.27. The molecule has 0 saturated carbocycles. The van der Waals surface area contributed by atoms with E-state index in [9.17, 15) is 14.7 Å². The van der Waals surface area contributed by atoms with Crippen molar-refractivity contribution in [2.24, 2.45) is 0 Å². The first-order valence-corrected chi connectivity index (χ1v) is 10.9. The molecular weight excluding hydrogens is 545 g/mol. The lowest BCUT2D eigenvalue weighted by molar-refractivity contribution is -0.132. The van der Waals surface area contributed by atoms with E-state index in [0.717, 1.165) is 9.13 Å². The predicted molar refractivity (Wildman–Crippen MR) is 131 cm³/mol. The minimum absolute atomic E-state index is 0.250. The van der Waals surface area contributed by atoms with E-state index >= 15 is 0 Å².